The fraction of sp³-hybridized carbons (Fsp3) is 0.485. The van der Waals surface area contributed by atoms with Crippen molar-refractivity contribution in [2.45, 2.75) is 76.2 Å². The molecule has 2 heterocycles. The summed E-state index contributed by atoms with van der Waals surface area (Å²) in [4.78, 5) is 35.7. The third-order valence-electron chi connectivity index (χ3n) is 8.28. The predicted octanol–water partition coefficient (Wildman–Crippen LogP) is 5.94. The first kappa shape index (κ1) is 30.1. The van der Waals surface area contributed by atoms with Crippen molar-refractivity contribution in [1.29, 1.82) is 0 Å². The molecule has 9 heteroatoms. The van der Waals surface area contributed by atoms with Crippen molar-refractivity contribution in [3.05, 3.63) is 78.2 Å². The topological polar surface area (TPSA) is 87.9 Å². The summed E-state index contributed by atoms with van der Waals surface area (Å²) in [5, 5.41) is 11.5. The fourth-order valence-electron chi connectivity index (χ4n) is 6.21. The smallest absolute Gasteiger partial charge is 0.410 e. The Bertz CT molecular complexity index is 1370. The Kier molecular flexibility index (Phi) is 8.94. The van der Waals surface area contributed by atoms with Crippen LogP contribution in [0.25, 0.3) is 11.3 Å². The maximum Gasteiger partial charge on any atom is 0.410 e. The molecule has 1 saturated heterocycles. The van der Waals surface area contributed by atoms with Gasteiger partial charge in [-0.3, -0.25) is 4.79 Å². The standard InChI is InChI=1S/C33H41ClN4O4/c1-32(2,3)42-31(40)36-18-19-37(26(21-36)20-24-12-6-4-7-13-24)30(39)28-29(25-14-8-5-9-15-25)38(23-35-28)27-16-10-11-17-33(27,41)22-34/h4-9,12-15,23,26-27,41H,10-11,16-22H2,1-3H3/t26-,27+,33+/m1/s1. The van der Waals surface area contributed by atoms with Gasteiger partial charge in [0.05, 0.1) is 35.6 Å². The lowest BCUT2D eigenvalue weighted by molar-refractivity contribution is -0.0211. The summed E-state index contributed by atoms with van der Waals surface area (Å²) in [7, 11) is 0. The molecular formula is C33H41ClN4O4. The van der Waals surface area contributed by atoms with Gasteiger partial charge in [0.25, 0.3) is 5.91 Å². The molecule has 3 atom stereocenters. The molecule has 0 unspecified atom stereocenters. The first-order valence-corrected chi connectivity index (χ1v) is 15.4. The highest BCUT2D eigenvalue weighted by Crippen LogP contribution is 2.41. The number of aromatic nitrogens is 2. The minimum atomic E-state index is -1.08. The Morgan fingerprint density at radius 2 is 1.74 bits per heavy atom. The molecule has 0 spiro atoms. The van der Waals surface area contributed by atoms with Crippen LogP contribution < -0.4 is 0 Å². The van der Waals surface area contributed by atoms with Crippen LogP contribution in [-0.4, -0.2) is 79.2 Å². The maximum absolute atomic E-state index is 14.5. The highest BCUT2D eigenvalue weighted by Gasteiger charge is 2.42. The number of imidazole rings is 1. The van der Waals surface area contributed by atoms with Crippen LogP contribution in [-0.2, 0) is 11.2 Å². The number of alkyl halides is 1. The van der Waals surface area contributed by atoms with E-state index in [9.17, 15) is 14.7 Å². The summed E-state index contributed by atoms with van der Waals surface area (Å²) in [6.45, 7) is 6.63. The second-order valence-electron chi connectivity index (χ2n) is 12.5. The second kappa shape index (κ2) is 12.5. The Morgan fingerprint density at radius 1 is 1.05 bits per heavy atom. The van der Waals surface area contributed by atoms with Crippen LogP contribution in [0.5, 0.6) is 0 Å². The summed E-state index contributed by atoms with van der Waals surface area (Å²) in [6.07, 6.45) is 5.11. The van der Waals surface area contributed by atoms with Crippen molar-refractivity contribution in [2.75, 3.05) is 25.5 Å². The first-order chi connectivity index (χ1) is 20.1. The number of rotatable bonds is 6. The molecule has 5 rings (SSSR count). The number of benzene rings is 2. The lowest BCUT2D eigenvalue weighted by atomic mass is 9.81. The van der Waals surface area contributed by atoms with Gasteiger partial charge in [0, 0.05) is 25.2 Å². The molecule has 2 aliphatic rings. The molecule has 3 aromatic rings. The van der Waals surface area contributed by atoms with E-state index in [1.54, 1.807) is 11.2 Å². The van der Waals surface area contributed by atoms with E-state index in [0.29, 0.717) is 43.9 Å². The molecule has 1 aromatic heterocycles. The van der Waals surface area contributed by atoms with Gasteiger partial charge in [-0.2, -0.15) is 0 Å². The number of carbonyl (C=O) groups is 2. The lowest BCUT2D eigenvalue weighted by Gasteiger charge is -2.42. The predicted molar refractivity (Wildman–Crippen MR) is 164 cm³/mol. The van der Waals surface area contributed by atoms with E-state index in [-0.39, 0.29) is 30.0 Å². The molecule has 8 nitrogen and oxygen atoms in total. The number of nitrogens with zero attached hydrogens (tertiary/aromatic N) is 4. The Balaban J connectivity index is 1.51. The van der Waals surface area contributed by atoms with Crippen LogP contribution in [0.4, 0.5) is 4.79 Å². The van der Waals surface area contributed by atoms with Gasteiger partial charge in [0.15, 0.2) is 5.69 Å². The quantitative estimate of drug-likeness (QED) is 0.358. The van der Waals surface area contributed by atoms with Crippen molar-refractivity contribution < 1.29 is 19.4 Å². The van der Waals surface area contributed by atoms with Gasteiger partial charge < -0.3 is 24.2 Å². The fourth-order valence-corrected chi connectivity index (χ4v) is 6.52. The zero-order valence-electron chi connectivity index (χ0n) is 24.7. The zero-order valence-corrected chi connectivity index (χ0v) is 25.5. The maximum atomic E-state index is 14.5. The third-order valence-corrected chi connectivity index (χ3v) is 8.74. The van der Waals surface area contributed by atoms with Crippen LogP contribution in [0.3, 0.4) is 0 Å². The van der Waals surface area contributed by atoms with Crippen molar-refractivity contribution >= 4 is 23.6 Å². The molecule has 0 bridgehead atoms. The summed E-state index contributed by atoms with van der Waals surface area (Å²) in [5.41, 5.74) is 1.26. The van der Waals surface area contributed by atoms with Crippen LogP contribution in [0.2, 0.25) is 0 Å². The van der Waals surface area contributed by atoms with Crippen molar-refractivity contribution in [2.24, 2.45) is 0 Å². The molecule has 2 amide bonds. The van der Waals surface area contributed by atoms with Crippen LogP contribution >= 0.6 is 11.6 Å². The van der Waals surface area contributed by atoms with Crippen LogP contribution in [0.1, 0.15) is 68.5 Å². The molecule has 224 valence electrons. The van der Waals surface area contributed by atoms with E-state index in [4.69, 9.17) is 21.3 Å². The highest BCUT2D eigenvalue weighted by molar-refractivity contribution is 6.18. The summed E-state index contributed by atoms with van der Waals surface area (Å²) in [6, 6.07) is 19.2. The molecule has 1 N–H and O–H groups in total. The average molecular weight is 593 g/mol. The summed E-state index contributed by atoms with van der Waals surface area (Å²) >= 11 is 6.33. The van der Waals surface area contributed by atoms with Gasteiger partial charge in [-0.1, -0.05) is 73.5 Å². The minimum Gasteiger partial charge on any atom is -0.444 e. The molecule has 1 aliphatic carbocycles. The Hall–Kier alpha value is -3.36. The number of piperazine rings is 1. The van der Waals surface area contributed by atoms with E-state index >= 15 is 0 Å². The van der Waals surface area contributed by atoms with E-state index in [2.05, 4.69) is 0 Å². The van der Waals surface area contributed by atoms with E-state index in [1.165, 1.54) is 0 Å². The van der Waals surface area contributed by atoms with Crippen molar-refractivity contribution in [1.82, 2.24) is 19.4 Å². The Morgan fingerprint density at radius 3 is 2.40 bits per heavy atom. The van der Waals surface area contributed by atoms with Gasteiger partial charge in [0.2, 0.25) is 0 Å². The minimum absolute atomic E-state index is 0.110. The second-order valence-corrected chi connectivity index (χ2v) is 12.7. The molecule has 1 aliphatic heterocycles. The average Bonchev–Trinajstić information content (AvgIpc) is 3.42. The molecular weight excluding hydrogens is 552 g/mol. The normalized spacial score (nSPS) is 23.1. The summed E-state index contributed by atoms with van der Waals surface area (Å²) in [5.74, 6) is -0.0818. The van der Waals surface area contributed by atoms with Crippen LogP contribution in [0, 0.1) is 0 Å². The first-order valence-electron chi connectivity index (χ1n) is 14.8. The zero-order chi connectivity index (χ0) is 29.9. The van der Waals surface area contributed by atoms with Gasteiger partial charge in [-0.15, -0.1) is 11.6 Å². The number of halogens is 1. The van der Waals surface area contributed by atoms with E-state index in [0.717, 1.165) is 30.4 Å². The lowest BCUT2D eigenvalue weighted by Crippen LogP contribution is -2.58. The SMILES string of the molecule is CC(C)(C)OC(=O)N1CCN(C(=O)c2ncn([C@H]3CCCC[C@]3(O)CCl)c2-c2ccccc2)[C@H](Cc2ccccc2)C1. The van der Waals surface area contributed by atoms with E-state index in [1.807, 2.05) is 90.9 Å². The van der Waals surface area contributed by atoms with Crippen molar-refractivity contribution in [3.63, 3.8) is 0 Å². The highest BCUT2D eigenvalue weighted by atomic mass is 35.5. The number of ether oxygens (including phenoxy) is 1. The molecule has 2 aromatic carbocycles. The molecule has 42 heavy (non-hydrogen) atoms. The van der Waals surface area contributed by atoms with Gasteiger partial charge in [-0.05, 0) is 45.6 Å². The number of amides is 2. The third kappa shape index (κ3) is 6.50. The number of carbonyl (C=O) groups excluding carboxylic acids is 2. The molecule has 1 saturated carbocycles. The van der Waals surface area contributed by atoms with Gasteiger partial charge >= 0.3 is 6.09 Å². The Labute approximate surface area is 253 Å². The van der Waals surface area contributed by atoms with E-state index < -0.39 is 11.2 Å². The number of hydrogen-bond acceptors (Lipinski definition) is 5. The van der Waals surface area contributed by atoms with Crippen molar-refractivity contribution in [3.8, 4) is 11.3 Å². The number of hydrogen-bond donors (Lipinski definition) is 1. The van der Waals surface area contributed by atoms with Gasteiger partial charge in [-0.25, -0.2) is 9.78 Å². The van der Waals surface area contributed by atoms with Crippen LogP contribution in [0.15, 0.2) is 67.0 Å². The largest absolute Gasteiger partial charge is 0.444 e. The molecule has 0 radical (unpaired) electrons. The number of aliphatic hydroxyl groups is 1. The summed E-state index contributed by atoms with van der Waals surface area (Å²) < 4.78 is 7.63. The van der Waals surface area contributed by atoms with Gasteiger partial charge in [0.1, 0.15) is 5.60 Å². The molecule has 2 fully saturated rings. The monoisotopic (exact) mass is 592 g/mol.